The van der Waals surface area contributed by atoms with Gasteiger partial charge in [-0.05, 0) is 13.0 Å². The molecule has 4 heteroatoms. The predicted octanol–water partition coefficient (Wildman–Crippen LogP) is 0.907. The second-order valence-electron chi connectivity index (χ2n) is 1.50. The van der Waals surface area contributed by atoms with E-state index in [1.54, 1.807) is 13.0 Å². The van der Waals surface area contributed by atoms with Crippen LogP contribution in [0.15, 0.2) is 12.2 Å². The fourth-order valence-corrected chi connectivity index (χ4v) is 0.815. The maximum Gasteiger partial charge on any atom is 0.313 e. The number of carbonyl (C=O) groups is 2. The zero-order chi connectivity index (χ0) is 7.98. The highest BCUT2D eigenvalue weighted by Gasteiger charge is 2.00. The highest BCUT2D eigenvalue weighted by atomic mass is 32.2. The Morgan fingerprint density at radius 1 is 1.60 bits per heavy atom. The smallest absolute Gasteiger partial charge is 0.313 e. The third-order valence-electron chi connectivity index (χ3n) is 0.641. The number of allylic oxidation sites excluding steroid dienone is 1. The summed E-state index contributed by atoms with van der Waals surface area (Å²) in [6, 6.07) is 0. The van der Waals surface area contributed by atoms with E-state index in [2.05, 4.69) is 0 Å². The van der Waals surface area contributed by atoms with Gasteiger partial charge in [0.2, 0.25) is 5.12 Å². The molecule has 0 saturated carbocycles. The third-order valence-corrected chi connectivity index (χ3v) is 1.45. The number of hydrogen-bond acceptors (Lipinski definition) is 3. The second kappa shape index (κ2) is 5.05. The van der Waals surface area contributed by atoms with E-state index in [1.807, 2.05) is 0 Å². The number of thioether (sulfide) groups is 1. The Hall–Kier alpha value is -0.770. The summed E-state index contributed by atoms with van der Waals surface area (Å²) in [7, 11) is 0. The van der Waals surface area contributed by atoms with Crippen LogP contribution in [0.2, 0.25) is 0 Å². The topological polar surface area (TPSA) is 54.4 Å². The first-order valence-corrected chi connectivity index (χ1v) is 3.66. The Kier molecular flexibility index (Phi) is 4.66. The van der Waals surface area contributed by atoms with Crippen molar-refractivity contribution in [1.82, 2.24) is 0 Å². The molecule has 0 aliphatic carbocycles. The van der Waals surface area contributed by atoms with Crippen LogP contribution in [0.5, 0.6) is 0 Å². The number of carbonyl (C=O) groups excluding carboxylic acids is 1. The number of rotatable bonds is 3. The van der Waals surface area contributed by atoms with Gasteiger partial charge < -0.3 is 5.11 Å². The summed E-state index contributed by atoms with van der Waals surface area (Å²) < 4.78 is 0. The molecule has 10 heavy (non-hydrogen) atoms. The van der Waals surface area contributed by atoms with Crippen molar-refractivity contribution in [3.05, 3.63) is 12.2 Å². The lowest BCUT2D eigenvalue weighted by Crippen LogP contribution is -2.00. The standard InChI is InChI=1S/C6H8O3S/c1-2-3-6(9)10-4-5(7)8/h2-3H,4H2,1H3,(H,7,8). The Morgan fingerprint density at radius 2 is 2.20 bits per heavy atom. The molecule has 0 fully saturated rings. The van der Waals surface area contributed by atoms with E-state index >= 15 is 0 Å². The molecule has 0 aromatic heterocycles. The van der Waals surface area contributed by atoms with Gasteiger partial charge in [-0.25, -0.2) is 0 Å². The van der Waals surface area contributed by atoms with Crippen LogP contribution in [-0.2, 0) is 9.59 Å². The second-order valence-corrected chi connectivity index (χ2v) is 2.48. The Morgan fingerprint density at radius 3 is 2.60 bits per heavy atom. The first-order chi connectivity index (χ1) is 4.66. The van der Waals surface area contributed by atoms with Crippen LogP contribution < -0.4 is 0 Å². The van der Waals surface area contributed by atoms with E-state index in [0.29, 0.717) is 0 Å². The molecule has 0 aliphatic rings. The van der Waals surface area contributed by atoms with Gasteiger partial charge >= 0.3 is 5.97 Å². The Labute approximate surface area is 63.1 Å². The van der Waals surface area contributed by atoms with E-state index in [-0.39, 0.29) is 10.9 Å². The quantitative estimate of drug-likeness (QED) is 0.623. The molecule has 56 valence electrons. The minimum absolute atomic E-state index is 0.164. The van der Waals surface area contributed by atoms with Gasteiger partial charge in [-0.2, -0.15) is 0 Å². The van der Waals surface area contributed by atoms with Gasteiger partial charge in [0.05, 0.1) is 5.75 Å². The monoisotopic (exact) mass is 160 g/mol. The van der Waals surface area contributed by atoms with Crippen LogP contribution in [-0.4, -0.2) is 21.9 Å². The first-order valence-electron chi connectivity index (χ1n) is 2.68. The van der Waals surface area contributed by atoms with Crippen molar-refractivity contribution >= 4 is 22.8 Å². The van der Waals surface area contributed by atoms with Gasteiger partial charge in [-0.1, -0.05) is 17.8 Å². The molecule has 0 aromatic rings. The Bertz CT molecular complexity index is 162. The summed E-state index contributed by atoms with van der Waals surface area (Å²) in [6.45, 7) is 1.71. The average molecular weight is 160 g/mol. The zero-order valence-electron chi connectivity index (χ0n) is 5.53. The molecule has 0 unspecified atom stereocenters. The molecule has 0 radical (unpaired) electrons. The normalized spacial score (nSPS) is 10.1. The zero-order valence-corrected chi connectivity index (χ0v) is 6.35. The molecule has 0 aromatic carbocycles. The van der Waals surface area contributed by atoms with Crippen LogP contribution in [0.4, 0.5) is 0 Å². The SMILES string of the molecule is CC=CC(=O)SCC(=O)O. The lowest BCUT2D eigenvalue weighted by Gasteiger charge is -1.88. The van der Waals surface area contributed by atoms with Gasteiger partial charge in [0, 0.05) is 0 Å². The molecule has 0 spiro atoms. The van der Waals surface area contributed by atoms with Crippen molar-refractivity contribution in [2.75, 3.05) is 5.75 Å². The summed E-state index contributed by atoms with van der Waals surface area (Å²) >= 11 is 0.784. The minimum Gasteiger partial charge on any atom is -0.481 e. The average Bonchev–Trinajstić information content (AvgIpc) is 1.85. The number of aliphatic carboxylic acids is 1. The molecule has 3 nitrogen and oxygen atoms in total. The predicted molar refractivity (Wildman–Crippen MR) is 39.9 cm³/mol. The highest BCUT2D eigenvalue weighted by Crippen LogP contribution is 2.01. The van der Waals surface area contributed by atoms with E-state index in [0.717, 1.165) is 11.8 Å². The van der Waals surface area contributed by atoms with E-state index in [9.17, 15) is 9.59 Å². The Balaban J connectivity index is 3.50. The van der Waals surface area contributed by atoms with Crippen molar-refractivity contribution in [1.29, 1.82) is 0 Å². The van der Waals surface area contributed by atoms with Gasteiger partial charge in [0.25, 0.3) is 0 Å². The summed E-state index contributed by atoms with van der Waals surface area (Å²) in [6.07, 6.45) is 2.92. The summed E-state index contributed by atoms with van der Waals surface area (Å²) in [5.41, 5.74) is 0. The van der Waals surface area contributed by atoms with Gasteiger partial charge in [-0.3, -0.25) is 9.59 Å². The molecular formula is C6H8O3S. The van der Waals surface area contributed by atoms with E-state index < -0.39 is 5.97 Å². The molecular weight excluding hydrogens is 152 g/mol. The van der Waals surface area contributed by atoms with Crippen molar-refractivity contribution in [3.63, 3.8) is 0 Å². The molecule has 0 amide bonds. The molecule has 0 saturated heterocycles. The van der Waals surface area contributed by atoms with Crippen molar-refractivity contribution in [2.45, 2.75) is 6.92 Å². The summed E-state index contributed by atoms with van der Waals surface area (Å²) in [4.78, 5) is 20.5. The molecule has 0 aliphatic heterocycles. The van der Waals surface area contributed by atoms with Gasteiger partial charge in [0.1, 0.15) is 0 Å². The fourth-order valence-electron chi connectivity index (χ4n) is 0.317. The minimum atomic E-state index is -0.970. The molecule has 0 atom stereocenters. The number of carboxylic acid groups (broad SMARTS) is 1. The van der Waals surface area contributed by atoms with Crippen molar-refractivity contribution < 1.29 is 14.7 Å². The number of hydrogen-bond donors (Lipinski definition) is 1. The lowest BCUT2D eigenvalue weighted by molar-refractivity contribution is -0.134. The molecule has 0 bridgehead atoms. The molecule has 0 heterocycles. The highest BCUT2D eigenvalue weighted by molar-refractivity contribution is 8.14. The maximum atomic E-state index is 10.6. The third kappa shape index (κ3) is 5.37. The first kappa shape index (κ1) is 9.23. The van der Waals surface area contributed by atoms with Gasteiger partial charge in [-0.15, -0.1) is 0 Å². The van der Waals surface area contributed by atoms with Crippen LogP contribution in [0.3, 0.4) is 0 Å². The van der Waals surface area contributed by atoms with Gasteiger partial charge in [0.15, 0.2) is 0 Å². The fraction of sp³-hybridized carbons (Fsp3) is 0.333. The van der Waals surface area contributed by atoms with Crippen LogP contribution in [0.1, 0.15) is 6.92 Å². The maximum absolute atomic E-state index is 10.6. The van der Waals surface area contributed by atoms with Crippen molar-refractivity contribution in [2.24, 2.45) is 0 Å². The summed E-state index contributed by atoms with van der Waals surface area (Å²) in [5.74, 6) is -1.13. The lowest BCUT2D eigenvalue weighted by atomic mass is 10.6. The van der Waals surface area contributed by atoms with E-state index in [1.165, 1.54) is 6.08 Å². The van der Waals surface area contributed by atoms with E-state index in [4.69, 9.17) is 5.11 Å². The summed E-state index contributed by atoms with van der Waals surface area (Å²) in [5, 5.41) is 7.92. The van der Waals surface area contributed by atoms with Crippen LogP contribution >= 0.6 is 11.8 Å². The number of carboxylic acids is 1. The van der Waals surface area contributed by atoms with Crippen molar-refractivity contribution in [3.8, 4) is 0 Å². The largest absolute Gasteiger partial charge is 0.481 e. The van der Waals surface area contributed by atoms with Crippen LogP contribution in [0.25, 0.3) is 0 Å². The molecule has 1 N–H and O–H groups in total. The molecule has 0 rings (SSSR count). The van der Waals surface area contributed by atoms with Crippen LogP contribution in [0, 0.1) is 0 Å².